The van der Waals surface area contributed by atoms with Crippen LogP contribution in [0.2, 0.25) is 0 Å². The van der Waals surface area contributed by atoms with Gasteiger partial charge in [-0.2, -0.15) is 5.10 Å². The van der Waals surface area contributed by atoms with E-state index in [-0.39, 0.29) is 10.7 Å². The highest BCUT2D eigenvalue weighted by Crippen LogP contribution is 2.27. The highest BCUT2D eigenvalue weighted by atomic mass is 32.2. The molecule has 0 spiro atoms. The molecule has 10 heteroatoms. The van der Waals surface area contributed by atoms with Gasteiger partial charge in [0.2, 0.25) is 0 Å². The zero-order chi connectivity index (χ0) is 24.6. The third kappa shape index (κ3) is 4.65. The first kappa shape index (κ1) is 24.1. The van der Waals surface area contributed by atoms with Gasteiger partial charge in [-0.1, -0.05) is 12.1 Å². The number of nitrogens with one attached hydrogen (secondary N) is 1. The summed E-state index contributed by atoms with van der Waals surface area (Å²) in [6, 6.07) is 12.6. The largest absolute Gasteiger partial charge is 0.480 e. The number of carbonyl (C=O) groups is 2. The molecule has 33 heavy (non-hydrogen) atoms. The van der Waals surface area contributed by atoms with Crippen LogP contribution >= 0.6 is 0 Å². The second-order valence-corrected chi connectivity index (χ2v) is 10.6. The van der Waals surface area contributed by atoms with Crippen molar-refractivity contribution in [1.29, 1.82) is 0 Å². The Morgan fingerprint density at radius 2 is 1.67 bits per heavy atom. The smallest absolute Gasteiger partial charge is 0.324 e. The summed E-state index contributed by atoms with van der Waals surface area (Å²) in [6.07, 6.45) is 0. The minimum atomic E-state index is -4.10. The third-order valence-corrected chi connectivity index (χ3v) is 7.89. The Kier molecular flexibility index (Phi) is 6.42. The number of carboxylic acid groups (broad SMARTS) is 1. The molecule has 2 aromatic carbocycles. The first-order valence-corrected chi connectivity index (χ1v) is 11.5. The number of carboxylic acids is 1. The number of hydrogen-bond donors (Lipinski definition) is 2. The molecular formula is C23H24FN3O5S. The van der Waals surface area contributed by atoms with Gasteiger partial charge >= 0.3 is 5.97 Å². The molecule has 2 N–H and O–H groups in total. The molecule has 0 bridgehead atoms. The van der Waals surface area contributed by atoms with Gasteiger partial charge in [0.25, 0.3) is 5.91 Å². The highest BCUT2D eigenvalue weighted by Gasteiger charge is 2.43. The number of carbonyl (C=O) groups excluding carboxylic acids is 1. The van der Waals surface area contributed by atoms with Gasteiger partial charge in [-0.05, 0) is 68.8 Å². The zero-order valence-corrected chi connectivity index (χ0v) is 19.4. The topological polar surface area (TPSA) is 118 Å². The first-order valence-electron chi connectivity index (χ1n) is 10.0. The molecule has 1 heterocycles. The minimum absolute atomic E-state index is 0.118. The van der Waals surface area contributed by atoms with E-state index in [1.54, 1.807) is 32.2 Å². The van der Waals surface area contributed by atoms with E-state index in [1.165, 1.54) is 41.1 Å². The van der Waals surface area contributed by atoms with Crippen LogP contribution < -0.4 is 5.32 Å². The van der Waals surface area contributed by atoms with E-state index in [9.17, 15) is 27.5 Å². The van der Waals surface area contributed by atoms with Gasteiger partial charge in [-0.3, -0.25) is 14.3 Å². The molecule has 0 radical (unpaired) electrons. The summed E-state index contributed by atoms with van der Waals surface area (Å²) in [7, 11) is -2.48. The number of nitrogens with zero attached hydrogens (tertiary/aromatic N) is 2. The van der Waals surface area contributed by atoms with Crippen LogP contribution in [-0.4, -0.2) is 39.9 Å². The van der Waals surface area contributed by atoms with E-state index in [0.717, 1.165) is 13.8 Å². The maximum atomic E-state index is 13.2. The molecule has 0 aliphatic carbocycles. The first-order chi connectivity index (χ1) is 15.3. The molecule has 0 aliphatic heterocycles. The van der Waals surface area contributed by atoms with Crippen molar-refractivity contribution in [2.45, 2.75) is 36.5 Å². The van der Waals surface area contributed by atoms with Crippen LogP contribution in [0.3, 0.4) is 0 Å². The van der Waals surface area contributed by atoms with Gasteiger partial charge in [0.1, 0.15) is 11.5 Å². The molecule has 1 unspecified atom stereocenters. The van der Waals surface area contributed by atoms with Crippen LogP contribution in [0.1, 0.15) is 42.9 Å². The van der Waals surface area contributed by atoms with Crippen LogP contribution in [0.25, 0.3) is 11.3 Å². The van der Waals surface area contributed by atoms with Crippen LogP contribution in [-0.2, 0) is 21.7 Å². The van der Waals surface area contributed by atoms with Gasteiger partial charge in [0.15, 0.2) is 14.6 Å². The number of aliphatic carboxylic acids is 1. The van der Waals surface area contributed by atoms with E-state index >= 15 is 0 Å². The maximum Gasteiger partial charge on any atom is 0.324 e. The van der Waals surface area contributed by atoms with Gasteiger partial charge in [0, 0.05) is 12.6 Å². The summed E-state index contributed by atoms with van der Waals surface area (Å²) < 4.78 is 37.9. The van der Waals surface area contributed by atoms with Crippen LogP contribution in [0.4, 0.5) is 4.39 Å². The second kappa shape index (κ2) is 8.78. The number of aromatic nitrogens is 2. The Hall–Kier alpha value is -3.53. The molecule has 0 saturated heterocycles. The summed E-state index contributed by atoms with van der Waals surface area (Å²) >= 11 is 0. The molecule has 3 rings (SSSR count). The summed E-state index contributed by atoms with van der Waals surface area (Å²) in [5.41, 5.74) is 2.12. The standard InChI is InChI=1S/C23H24FN3O5S/c1-14(15-7-11-18(12-8-15)33(31,32)23(2,3)22(29)30)25-21(28)20-13-19(26-27(20)4)16-5-9-17(24)10-6-16/h5-14H,1-4H3,(H,25,28)(H,29,30). The Balaban J connectivity index is 1.77. The van der Waals surface area contributed by atoms with Gasteiger partial charge < -0.3 is 10.4 Å². The van der Waals surface area contributed by atoms with Crippen molar-refractivity contribution in [3.8, 4) is 11.3 Å². The molecule has 8 nitrogen and oxygen atoms in total. The number of sulfone groups is 1. The molecule has 1 aromatic heterocycles. The van der Waals surface area contributed by atoms with Crippen LogP contribution in [0.15, 0.2) is 59.5 Å². The van der Waals surface area contributed by atoms with Gasteiger partial charge in [-0.15, -0.1) is 0 Å². The fourth-order valence-corrected chi connectivity index (χ4v) is 4.45. The maximum absolute atomic E-state index is 13.2. The van der Waals surface area contributed by atoms with Crippen LogP contribution in [0.5, 0.6) is 0 Å². The summed E-state index contributed by atoms with van der Waals surface area (Å²) in [5, 5.41) is 16.4. The fraction of sp³-hybridized carbons (Fsp3) is 0.261. The van der Waals surface area contributed by atoms with Crippen molar-refractivity contribution < 1.29 is 27.5 Å². The summed E-state index contributed by atoms with van der Waals surface area (Å²) in [6.45, 7) is 4.00. The Morgan fingerprint density at radius 3 is 2.21 bits per heavy atom. The van der Waals surface area contributed by atoms with E-state index in [4.69, 9.17) is 0 Å². The number of aryl methyl sites for hydroxylation is 1. The Bertz CT molecular complexity index is 1300. The quantitative estimate of drug-likeness (QED) is 0.543. The van der Waals surface area contributed by atoms with Crippen molar-refractivity contribution in [3.05, 3.63) is 71.7 Å². The number of halogens is 1. The second-order valence-electron chi connectivity index (χ2n) is 8.13. The molecule has 174 valence electrons. The molecule has 1 amide bonds. The van der Waals surface area contributed by atoms with E-state index in [2.05, 4.69) is 10.4 Å². The number of amides is 1. The lowest BCUT2D eigenvalue weighted by molar-refractivity contribution is -0.139. The summed E-state index contributed by atoms with van der Waals surface area (Å²) in [4.78, 5) is 24.0. The minimum Gasteiger partial charge on any atom is -0.480 e. The molecule has 0 aliphatic rings. The lowest BCUT2D eigenvalue weighted by Crippen LogP contribution is -2.40. The SMILES string of the molecule is CC(NC(=O)c1cc(-c2ccc(F)cc2)nn1C)c1ccc(S(=O)(=O)C(C)(C)C(=O)O)cc1. The fourth-order valence-electron chi connectivity index (χ4n) is 3.14. The molecule has 0 fully saturated rings. The van der Waals surface area contributed by atoms with Crippen molar-refractivity contribution in [1.82, 2.24) is 15.1 Å². The number of hydrogen-bond acceptors (Lipinski definition) is 5. The Labute approximate surface area is 191 Å². The predicted molar refractivity (Wildman–Crippen MR) is 120 cm³/mol. The average molecular weight is 474 g/mol. The van der Waals surface area contributed by atoms with E-state index in [0.29, 0.717) is 22.5 Å². The lowest BCUT2D eigenvalue weighted by atomic mass is 10.1. The van der Waals surface area contributed by atoms with Gasteiger partial charge in [-0.25, -0.2) is 12.8 Å². The van der Waals surface area contributed by atoms with E-state index < -0.39 is 32.5 Å². The monoisotopic (exact) mass is 473 g/mol. The predicted octanol–water partition coefficient (Wildman–Crippen LogP) is 3.35. The highest BCUT2D eigenvalue weighted by molar-refractivity contribution is 7.93. The van der Waals surface area contributed by atoms with Crippen molar-refractivity contribution in [3.63, 3.8) is 0 Å². The van der Waals surface area contributed by atoms with Gasteiger partial charge in [0.05, 0.1) is 16.6 Å². The third-order valence-electron chi connectivity index (χ3n) is 5.48. The normalized spacial score (nSPS) is 12.9. The van der Waals surface area contributed by atoms with E-state index in [1.807, 2.05) is 0 Å². The molecule has 0 saturated carbocycles. The number of benzene rings is 2. The summed E-state index contributed by atoms with van der Waals surface area (Å²) in [5.74, 6) is -2.20. The molecule has 3 aromatic rings. The Morgan fingerprint density at radius 1 is 1.09 bits per heavy atom. The average Bonchev–Trinajstić information content (AvgIpc) is 3.15. The zero-order valence-electron chi connectivity index (χ0n) is 18.5. The lowest BCUT2D eigenvalue weighted by Gasteiger charge is -2.20. The van der Waals surface area contributed by atoms with Crippen molar-refractivity contribution >= 4 is 21.7 Å². The van der Waals surface area contributed by atoms with Crippen molar-refractivity contribution in [2.24, 2.45) is 7.05 Å². The van der Waals surface area contributed by atoms with Crippen molar-refractivity contribution in [2.75, 3.05) is 0 Å². The molecule has 1 atom stereocenters. The number of rotatable bonds is 7. The molecular weight excluding hydrogens is 449 g/mol. The van der Waals surface area contributed by atoms with Crippen LogP contribution in [0, 0.1) is 5.82 Å².